The third-order valence-corrected chi connectivity index (χ3v) is 3.72. The van der Waals surface area contributed by atoms with Crippen molar-refractivity contribution >= 4 is 28.7 Å². The minimum absolute atomic E-state index is 0.297. The Balaban J connectivity index is 2.22. The molecule has 2 aromatic carbocycles. The van der Waals surface area contributed by atoms with Gasteiger partial charge in [0.15, 0.2) is 0 Å². The lowest BCUT2D eigenvalue weighted by Gasteiger charge is -2.07. The average Bonchev–Trinajstić information content (AvgIpc) is 2.74. The fraction of sp³-hybridized carbons (Fsp3) is 0.0714. The summed E-state index contributed by atoms with van der Waals surface area (Å²) in [7, 11) is 0. The summed E-state index contributed by atoms with van der Waals surface area (Å²) in [5, 5.41) is 0. The zero-order valence-electron chi connectivity index (χ0n) is 10.3. The van der Waals surface area contributed by atoms with E-state index in [4.69, 9.17) is 5.73 Å². The summed E-state index contributed by atoms with van der Waals surface area (Å²) >= 11 is 1.67. The van der Waals surface area contributed by atoms with Gasteiger partial charge in [0.05, 0.1) is 11.0 Å². The largest absolute Gasteiger partial charge is 0.369 e. The number of hydrogen-bond acceptors (Lipinski definition) is 3. The number of halogens is 1. The molecule has 0 amide bonds. The zero-order valence-corrected chi connectivity index (χ0v) is 11.1. The molecule has 3 rings (SSSR count). The Bertz CT molecular complexity index is 734. The maximum Gasteiger partial charge on any atom is 0.205 e. The van der Waals surface area contributed by atoms with Crippen molar-refractivity contribution in [3.63, 3.8) is 0 Å². The molecule has 0 saturated heterocycles. The van der Waals surface area contributed by atoms with Crippen molar-refractivity contribution in [2.45, 2.75) is 4.90 Å². The van der Waals surface area contributed by atoms with Gasteiger partial charge in [-0.2, -0.15) is 0 Å². The molecule has 3 aromatic rings. The molecule has 0 unspecified atom stereocenters. The quantitative estimate of drug-likeness (QED) is 0.727. The number of nitrogens with zero attached hydrogens (tertiary/aromatic N) is 2. The van der Waals surface area contributed by atoms with Crippen LogP contribution < -0.4 is 5.73 Å². The van der Waals surface area contributed by atoms with Crippen LogP contribution in [0, 0.1) is 5.82 Å². The first-order valence-electron chi connectivity index (χ1n) is 5.77. The Morgan fingerprint density at radius 3 is 2.58 bits per heavy atom. The Hall–Kier alpha value is -2.01. The lowest BCUT2D eigenvalue weighted by molar-refractivity contribution is 0.629. The van der Waals surface area contributed by atoms with Crippen LogP contribution in [0.1, 0.15) is 0 Å². The van der Waals surface area contributed by atoms with E-state index in [1.54, 1.807) is 22.4 Å². The van der Waals surface area contributed by atoms with Gasteiger partial charge in [0.25, 0.3) is 0 Å². The van der Waals surface area contributed by atoms with Gasteiger partial charge in [-0.15, -0.1) is 11.8 Å². The Morgan fingerprint density at radius 1 is 1.16 bits per heavy atom. The van der Waals surface area contributed by atoms with Gasteiger partial charge in [-0.3, -0.25) is 4.57 Å². The highest BCUT2D eigenvalue weighted by molar-refractivity contribution is 7.98. The van der Waals surface area contributed by atoms with E-state index in [1.165, 1.54) is 12.1 Å². The molecule has 0 fully saturated rings. The smallest absolute Gasteiger partial charge is 0.205 e. The summed E-state index contributed by atoms with van der Waals surface area (Å²) in [5.74, 6) is 0.0619. The highest BCUT2D eigenvalue weighted by Crippen LogP contribution is 2.25. The molecule has 0 saturated carbocycles. The Morgan fingerprint density at radius 2 is 1.89 bits per heavy atom. The molecule has 1 heterocycles. The molecule has 5 heteroatoms. The van der Waals surface area contributed by atoms with Gasteiger partial charge < -0.3 is 5.73 Å². The van der Waals surface area contributed by atoms with Crippen LogP contribution in [0.15, 0.2) is 47.4 Å². The molecular formula is C14H12FN3S. The molecule has 0 bridgehead atoms. The predicted octanol–water partition coefficient (Wildman–Crippen LogP) is 3.47. The standard InChI is InChI=1S/C14H12FN3S/c1-19-11-5-3-10(4-6-11)18-13-8-9(15)2-7-12(13)17-14(18)16/h2-8H,1H3,(H2,16,17). The van der Waals surface area contributed by atoms with E-state index in [0.29, 0.717) is 17.0 Å². The maximum atomic E-state index is 13.4. The van der Waals surface area contributed by atoms with Crippen molar-refractivity contribution < 1.29 is 4.39 Å². The third kappa shape index (κ3) is 2.06. The van der Waals surface area contributed by atoms with Gasteiger partial charge in [0.1, 0.15) is 5.82 Å². The molecule has 2 N–H and O–H groups in total. The topological polar surface area (TPSA) is 43.8 Å². The van der Waals surface area contributed by atoms with Crippen LogP contribution in [0.5, 0.6) is 0 Å². The number of fused-ring (bicyclic) bond motifs is 1. The van der Waals surface area contributed by atoms with Gasteiger partial charge in [-0.05, 0) is 42.7 Å². The minimum Gasteiger partial charge on any atom is -0.369 e. The van der Waals surface area contributed by atoms with Crippen molar-refractivity contribution in [1.82, 2.24) is 9.55 Å². The predicted molar refractivity (Wildman–Crippen MR) is 77.2 cm³/mol. The number of nitrogens with two attached hydrogens (primary N) is 1. The van der Waals surface area contributed by atoms with Gasteiger partial charge in [-0.25, -0.2) is 9.37 Å². The second-order valence-corrected chi connectivity index (χ2v) is 5.02. The van der Waals surface area contributed by atoms with Crippen LogP contribution in [-0.4, -0.2) is 15.8 Å². The molecule has 0 aliphatic carbocycles. The van der Waals surface area contributed by atoms with E-state index in [-0.39, 0.29) is 5.82 Å². The molecule has 0 radical (unpaired) electrons. The fourth-order valence-corrected chi connectivity index (χ4v) is 2.48. The van der Waals surface area contributed by atoms with Gasteiger partial charge >= 0.3 is 0 Å². The monoisotopic (exact) mass is 273 g/mol. The average molecular weight is 273 g/mol. The SMILES string of the molecule is CSc1ccc(-n2c(N)nc3ccc(F)cc32)cc1. The lowest BCUT2D eigenvalue weighted by Crippen LogP contribution is -2.00. The van der Waals surface area contributed by atoms with Crippen molar-refractivity contribution in [2.24, 2.45) is 0 Å². The molecule has 0 atom stereocenters. The molecule has 0 aliphatic heterocycles. The van der Waals surface area contributed by atoms with Crippen LogP contribution in [0.4, 0.5) is 10.3 Å². The van der Waals surface area contributed by atoms with Crippen molar-refractivity contribution in [3.05, 3.63) is 48.3 Å². The van der Waals surface area contributed by atoms with Gasteiger partial charge in [0.2, 0.25) is 5.95 Å². The van der Waals surface area contributed by atoms with E-state index in [9.17, 15) is 4.39 Å². The van der Waals surface area contributed by atoms with E-state index >= 15 is 0 Å². The summed E-state index contributed by atoms with van der Waals surface area (Å²) in [6.45, 7) is 0. The first-order chi connectivity index (χ1) is 9.19. The second kappa shape index (κ2) is 4.59. The summed E-state index contributed by atoms with van der Waals surface area (Å²) in [5.41, 5.74) is 8.17. The molecule has 1 aromatic heterocycles. The first kappa shape index (κ1) is 12.0. The minimum atomic E-state index is -0.297. The number of aromatic nitrogens is 2. The number of rotatable bonds is 2. The van der Waals surface area contributed by atoms with E-state index in [2.05, 4.69) is 4.98 Å². The van der Waals surface area contributed by atoms with Crippen LogP contribution in [0.3, 0.4) is 0 Å². The van der Waals surface area contributed by atoms with Gasteiger partial charge in [-0.1, -0.05) is 0 Å². The normalized spacial score (nSPS) is 11.1. The number of anilines is 1. The fourth-order valence-electron chi connectivity index (χ4n) is 2.07. The molecular weight excluding hydrogens is 261 g/mol. The van der Waals surface area contributed by atoms with E-state index < -0.39 is 0 Å². The first-order valence-corrected chi connectivity index (χ1v) is 6.99. The van der Waals surface area contributed by atoms with Crippen LogP contribution >= 0.6 is 11.8 Å². The molecule has 3 nitrogen and oxygen atoms in total. The highest BCUT2D eigenvalue weighted by Gasteiger charge is 2.10. The second-order valence-electron chi connectivity index (χ2n) is 4.14. The number of thioether (sulfide) groups is 1. The summed E-state index contributed by atoms with van der Waals surface area (Å²) in [6, 6.07) is 12.4. The Labute approximate surface area is 114 Å². The number of hydrogen-bond donors (Lipinski definition) is 1. The summed E-state index contributed by atoms with van der Waals surface area (Å²) in [4.78, 5) is 5.41. The maximum absolute atomic E-state index is 13.4. The van der Waals surface area contributed by atoms with Crippen LogP contribution in [0.2, 0.25) is 0 Å². The lowest BCUT2D eigenvalue weighted by atomic mass is 10.2. The number of nitrogen functional groups attached to an aromatic ring is 1. The summed E-state index contributed by atoms with van der Waals surface area (Å²) in [6.07, 6.45) is 2.02. The number of benzene rings is 2. The molecule has 19 heavy (non-hydrogen) atoms. The van der Waals surface area contributed by atoms with Crippen molar-refractivity contribution in [3.8, 4) is 5.69 Å². The Kier molecular flexibility index (Phi) is 2.91. The number of imidazole rings is 1. The van der Waals surface area contributed by atoms with E-state index in [0.717, 1.165) is 10.6 Å². The van der Waals surface area contributed by atoms with Crippen LogP contribution in [-0.2, 0) is 0 Å². The van der Waals surface area contributed by atoms with Crippen molar-refractivity contribution in [1.29, 1.82) is 0 Å². The third-order valence-electron chi connectivity index (χ3n) is 2.97. The highest BCUT2D eigenvalue weighted by atomic mass is 32.2. The molecule has 0 aliphatic rings. The van der Waals surface area contributed by atoms with Crippen molar-refractivity contribution in [2.75, 3.05) is 12.0 Å². The van der Waals surface area contributed by atoms with E-state index in [1.807, 2.05) is 30.5 Å². The zero-order chi connectivity index (χ0) is 13.4. The van der Waals surface area contributed by atoms with Crippen LogP contribution in [0.25, 0.3) is 16.7 Å². The van der Waals surface area contributed by atoms with Gasteiger partial charge in [0, 0.05) is 16.6 Å². The molecule has 0 spiro atoms. The summed E-state index contributed by atoms with van der Waals surface area (Å²) < 4.78 is 15.1. The molecule has 96 valence electrons.